The number of unbranched alkanes of at least 4 members (excludes halogenated alkanes) is 2. The third-order valence-electron chi connectivity index (χ3n) is 4.72. The first-order valence-corrected chi connectivity index (χ1v) is 10.7. The number of anilines is 1. The van der Waals surface area contributed by atoms with Crippen LogP contribution in [0.4, 0.5) is 5.13 Å². The second kappa shape index (κ2) is 8.96. The Morgan fingerprint density at radius 1 is 1.00 bits per heavy atom. The fourth-order valence-corrected chi connectivity index (χ4v) is 3.94. The van der Waals surface area contributed by atoms with Crippen molar-refractivity contribution in [2.45, 2.75) is 32.7 Å². The normalized spacial score (nSPS) is 11.0. The van der Waals surface area contributed by atoms with Crippen molar-refractivity contribution in [1.82, 2.24) is 20.0 Å². The maximum absolute atomic E-state index is 13.0. The third-order valence-corrected chi connectivity index (χ3v) is 5.61. The van der Waals surface area contributed by atoms with Crippen molar-refractivity contribution in [1.29, 1.82) is 0 Å². The van der Waals surface area contributed by atoms with Gasteiger partial charge in [-0.05, 0) is 12.5 Å². The molecule has 0 spiro atoms. The molecule has 152 valence electrons. The minimum absolute atomic E-state index is 0.180. The summed E-state index contributed by atoms with van der Waals surface area (Å²) in [5.74, 6) is -0.411. The van der Waals surface area contributed by atoms with Crippen molar-refractivity contribution in [2.24, 2.45) is 0 Å². The van der Waals surface area contributed by atoms with Crippen LogP contribution in [0, 0.1) is 0 Å². The molecular formula is C22H21N5O2S. The van der Waals surface area contributed by atoms with Gasteiger partial charge in [0.15, 0.2) is 5.69 Å². The van der Waals surface area contributed by atoms with Crippen LogP contribution in [-0.2, 0) is 6.54 Å². The van der Waals surface area contributed by atoms with Crippen molar-refractivity contribution < 1.29 is 4.79 Å². The maximum Gasteiger partial charge on any atom is 0.278 e. The van der Waals surface area contributed by atoms with Gasteiger partial charge < -0.3 is 0 Å². The Balaban J connectivity index is 1.65. The zero-order valence-electron chi connectivity index (χ0n) is 16.5. The van der Waals surface area contributed by atoms with Gasteiger partial charge in [0, 0.05) is 17.5 Å². The number of hydrogen-bond acceptors (Lipinski definition) is 6. The van der Waals surface area contributed by atoms with Crippen LogP contribution >= 0.6 is 11.3 Å². The lowest BCUT2D eigenvalue weighted by Gasteiger charge is -2.10. The van der Waals surface area contributed by atoms with Crippen LogP contribution in [-0.4, -0.2) is 25.9 Å². The van der Waals surface area contributed by atoms with Crippen LogP contribution in [0.3, 0.4) is 0 Å². The highest BCUT2D eigenvalue weighted by atomic mass is 32.1. The molecule has 4 aromatic rings. The first-order valence-electron chi connectivity index (χ1n) is 9.87. The molecule has 2 aromatic carbocycles. The number of nitrogens with one attached hydrogen (secondary N) is 1. The number of carbonyl (C=O) groups is 1. The zero-order chi connectivity index (χ0) is 20.9. The Morgan fingerprint density at radius 2 is 1.73 bits per heavy atom. The van der Waals surface area contributed by atoms with E-state index < -0.39 is 5.91 Å². The van der Waals surface area contributed by atoms with E-state index in [1.54, 1.807) is 24.3 Å². The van der Waals surface area contributed by atoms with E-state index in [-0.39, 0.29) is 11.3 Å². The SMILES string of the molecule is CCCCCn1nc(C(=O)Nc2nnc(-c3ccccc3)s2)c2ccccc2c1=O. The number of aryl methyl sites for hydroxylation is 1. The van der Waals surface area contributed by atoms with E-state index in [0.29, 0.717) is 27.5 Å². The molecule has 0 aliphatic rings. The second-order valence-corrected chi connectivity index (χ2v) is 7.84. The number of hydrogen-bond donors (Lipinski definition) is 1. The molecule has 1 amide bonds. The smallest absolute Gasteiger partial charge is 0.278 e. The van der Waals surface area contributed by atoms with Crippen LogP contribution in [0.25, 0.3) is 21.3 Å². The van der Waals surface area contributed by atoms with E-state index in [4.69, 9.17) is 0 Å². The van der Waals surface area contributed by atoms with E-state index in [0.717, 1.165) is 24.8 Å². The van der Waals surface area contributed by atoms with Crippen molar-refractivity contribution in [3.63, 3.8) is 0 Å². The van der Waals surface area contributed by atoms with Gasteiger partial charge in [0.1, 0.15) is 5.01 Å². The van der Waals surface area contributed by atoms with Gasteiger partial charge in [-0.3, -0.25) is 14.9 Å². The average molecular weight is 420 g/mol. The summed E-state index contributed by atoms with van der Waals surface area (Å²) in [6, 6.07) is 16.7. The molecule has 0 saturated heterocycles. The first kappa shape index (κ1) is 19.9. The van der Waals surface area contributed by atoms with Crippen LogP contribution in [0.15, 0.2) is 59.4 Å². The van der Waals surface area contributed by atoms with Gasteiger partial charge in [0.25, 0.3) is 11.5 Å². The summed E-state index contributed by atoms with van der Waals surface area (Å²) in [5.41, 5.74) is 0.960. The summed E-state index contributed by atoms with van der Waals surface area (Å²) in [5, 5.41) is 17.5. The van der Waals surface area contributed by atoms with Gasteiger partial charge in [-0.2, -0.15) is 5.10 Å². The molecule has 0 saturated carbocycles. The van der Waals surface area contributed by atoms with Crippen molar-refractivity contribution in [2.75, 3.05) is 5.32 Å². The standard InChI is InChI=1S/C22H21N5O2S/c1-2-3-9-14-27-21(29)17-13-8-7-12-16(17)18(26-27)19(28)23-22-25-24-20(30-22)15-10-5-4-6-11-15/h4-8,10-13H,2-3,9,14H2,1H3,(H,23,25,28). The lowest BCUT2D eigenvalue weighted by Crippen LogP contribution is -2.27. The molecular weight excluding hydrogens is 398 g/mol. The number of nitrogens with zero attached hydrogens (tertiary/aromatic N) is 4. The van der Waals surface area contributed by atoms with E-state index in [1.807, 2.05) is 30.3 Å². The molecule has 2 heterocycles. The Hall–Kier alpha value is -3.39. The summed E-state index contributed by atoms with van der Waals surface area (Å²) < 4.78 is 1.39. The first-order chi connectivity index (χ1) is 14.7. The van der Waals surface area contributed by atoms with Gasteiger partial charge in [0.2, 0.25) is 5.13 Å². The highest BCUT2D eigenvalue weighted by Gasteiger charge is 2.18. The molecule has 0 bridgehead atoms. The molecule has 0 fully saturated rings. The molecule has 0 radical (unpaired) electrons. The number of benzene rings is 2. The van der Waals surface area contributed by atoms with E-state index >= 15 is 0 Å². The van der Waals surface area contributed by atoms with E-state index in [1.165, 1.54) is 16.0 Å². The molecule has 7 nitrogen and oxygen atoms in total. The summed E-state index contributed by atoms with van der Waals surface area (Å²) in [6.45, 7) is 2.58. The summed E-state index contributed by atoms with van der Waals surface area (Å²) in [7, 11) is 0. The number of rotatable bonds is 7. The fraction of sp³-hybridized carbons (Fsp3) is 0.227. The second-order valence-electron chi connectivity index (χ2n) is 6.86. The van der Waals surface area contributed by atoms with Crippen molar-refractivity contribution in [3.8, 4) is 10.6 Å². The fourth-order valence-electron chi connectivity index (χ4n) is 3.19. The highest BCUT2D eigenvalue weighted by Crippen LogP contribution is 2.26. The Morgan fingerprint density at radius 3 is 2.50 bits per heavy atom. The molecule has 8 heteroatoms. The number of amides is 1. The van der Waals surface area contributed by atoms with Crippen molar-refractivity contribution in [3.05, 3.63) is 70.6 Å². The topological polar surface area (TPSA) is 89.8 Å². The van der Waals surface area contributed by atoms with Crippen LogP contribution < -0.4 is 10.9 Å². The van der Waals surface area contributed by atoms with Gasteiger partial charge in [-0.1, -0.05) is 79.6 Å². The maximum atomic E-state index is 13.0. The zero-order valence-corrected chi connectivity index (χ0v) is 17.4. The number of fused-ring (bicyclic) bond motifs is 1. The molecule has 0 aliphatic heterocycles. The van der Waals surface area contributed by atoms with Crippen LogP contribution in [0.2, 0.25) is 0 Å². The molecule has 1 N–H and O–H groups in total. The molecule has 4 rings (SSSR count). The Bertz CT molecular complexity index is 1230. The lowest BCUT2D eigenvalue weighted by atomic mass is 10.1. The van der Waals surface area contributed by atoms with E-state index in [2.05, 4.69) is 27.5 Å². The minimum atomic E-state index is -0.411. The van der Waals surface area contributed by atoms with Gasteiger partial charge in [0.05, 0.1) is 5.39 Å². The van der Waals surface area contributed by atoms with Gasteiger partial charge >= 0.3 is 0 Å². The summed E-state index contributed by atoms with van der Waals surface area (Å²) in [6.07, 6.45) is 2.87. The summed E-state index contributed by atoms with van der Waals surface area (Å²) in [4.78, 5) is 25.8. The molecule has 0 unspecified atom stereocenters. The quantitative estimate of drug-likeness (QED) is 0.450. The Labute approximate surface area is 177 Å². The van der Waals surface area contributed by atoms with Crippen LogP contribution in [0.5, 0.6) is 0 Å². The summed E-state index contributed by atoms with van der Waals surface area (Å²) >= 11 is 1.29. The molecule has 2 aromatic heterocycles. The molecule has 30 heavy (non-hydrogen) atoms. The predicted molar refractivity (Wildman–Crippen MR) is 119 cm³/mol. The van der Waals surface area contributed by atoms with Crippen LogP contribution in [0.1, 0.15) is 36.7 Å². The van der Waals surface area contributed by atoms with E-state index in [9.17, 15) is 9.59 Å². The highest BCUT2D eigenvalue weighted by molar-refractivity contribution is 7.18. The number of aromatic nitrogens is 4. The largest absolute Gasteiger partial charge is 0.295 e. The predicted octanol–water partition coefficient (Wildman–Crippen LogP) is 4.36. The Kier molecular flexibility index (Phi) is 5.94. The average Bonchev–Trinajstić information content (AvgIpc) is 3.24. The third kappa shape index (κ3) is 4.13. The van der Waals surface area contributed by atoms with Gasteiger partial charge in [-0.15, -0.1) is 10.2 Å². The minimum Gasteiger partial charge on any atom is -0.295 e. The van der Waals surface area contributed by atoms with Gasteiger partial charge in [-0.25, -0.2) is 4.68 Å². The molecule has 0 atom stereocenters. The van der Waals surface area contributed by atoms with Crippen molar-refractivity contribution >= 4 is 33.1 Å². The molecule has 0 aliphatic carbocycles. The lowest BCUT2D eigenvalue weighted by molar-refractivity contribution is 0.102. The number of carbonyl (C=O) groups excluding carboxylic acids is 1. The monoisotopic (exact) mass is 419 g/mol.